The van der Waals surface area contributed by atoms with Gasteiger partial charge in [0, 0.05) is 6.04 Å². The highest BCUT2D eigenvalue weighted by atomic mass is 16.5. The van der Waals surface area contributed by atoms with Crippen molar-refractivity contribution in [3.05, 3.63) is 0 Å². The van der Waals surface area contributed by atoms with Crippen LogP contribution >= 0.6 is 0 Å². The molecule has 0 N–H and O–H groups in total. The van der Waals surface area contributed by atoms with Crippen LogP contribution in [0.4, 0.5) is 0 Å². The Hall–Kier alpha value is -1.13. The molecule has 0 aliphatic carbocycles. The summed E-state index contributed by atoms with van der Waals surface area (Å²) < 4.78 is 4.49. The molecule has 0 atom stereocenters. The van der Waals surface area contributed by atoms with E-state index in [0.29, 0.717) is 0 Å². The Bertz CT molecular complexity index is 168. The molecule has 0 aromatic carbocycles. The maximum atomic E-state index is 10.8. The first-order valence-electron chi connectivity index (χ1n) is 3.75. The summed E-state index contributed by atoms with van der Waals surface area (Å²) >= 11 is 0. The number of esters is 1. The molecule has 0 amide bonds. The van der Waals surface area contributed by atoms with Gasteiger partial charge in [0.1, 0.15) is 6.54 Å². The Morgan fingerprint density at radius 2 is 2.17 bits per heavy atom. The number of methoxy groups -OCH3 is 1. The molecule has 12 heavy (non-hydrogen) atoms. The molecule has 0 fully saturated rings. The third-order valence-corrected chi connectivity index (χ3v) is 1.32. The predicted molar refractivity (Wildman–Crippen MR) is 44.6 cm³/mol. The molecule has 5 nitrogen and oxygen atoms in total. The largest absolute Gasteiger partial charge is 0.468 e. The van der Waals surface area contributed by atoms with E-state index in [9.17, 15) is 4.79 Å². The first-order chi connectivity index (χ1) is 5.61. The van der Waals surface area contributed by atoms with Gasteiger partial charge in [0.25, 0.3) is 0 Å². The van der Waals surface area contributed by atoms with E-state index in [1.54, 1.807) is 12.1 Å². The van der Waals surface area contributed by atoms with Crippen molar-refractivity contribution in [3.63, 3.8) is 0 Å². The minimum atomic E-state index is -0.309. The molecule has 0 bridgehead atoms. The van der Waals surface area contributed by atoms with Crippen LogP contribution in [0.3, 0.4) is 0 Å². The highest BCUT2D eigenvalue weighted by Gasteiger charge is 2.11. The predicted octanol–water partition coefficient (Wildman–Crippen LogP) is 0.867. The molecule has 0 radical (unpaired) electrons. The summed E-state index contributed by atoms with van der Waals surface area (Å²) in [5.74, 6) is -0.309. The zero-order valence-corrected chi connectivity index (χ0v) is 7.94. The second-order valence-corrected chi connectivity index (χ2v) is 2.56. The van der Waals surface area contributed by atoms with E-state index in [4.69, 9.17) is 0 Å². The van der Waals surface area contributed by atoms with Gasteiger partial charge in [-0.1, -0.05) is 5.22 Å². The lowest BCUT2D eigenvalue weighted by molar-refractivity contribution is -0.142. The van der Waals surface area contributed by atoms with E-state index in [0.717, 1.165) is 0 Å². The van der Waals surface area contributed by atoms with E-state index < -0.39 is 0 Å². The third-order valence-electron chi connectivity index (χ3n) is 1.32. The molecule has 0 heterocycles. The molecule has 0 saturated carbocycles. The lowest BCUT2D eigenvalue weighted by Crippen LogP contribution is -2.31. The van der Waals surface area contributed by atoms with Gasteiger partial charge in [-0.2, -0.15) is 5.11 Å². The minimum Gasteiger partial charge on any atom is -0.468 e. The van der Waals surface area contributed by atoms with Crippen LogP contribution in [0.1, 0.15) is 13.8 Å². The van der Waals surface area contributed by atoms with Crippen molar-refractivity contribution in [1.29, 1.82) is 0 Å². The Balaban J connectivity index is 4.04. The molecule has 0 saturated heterocycles. The molecule has 0 aromatic heterocycles. The average molecular weight is 173 g/mol. The summed E-state index contributed by atoms with van der Waals surface area (Å²) in [5, 5.41) is 8.92. The Morgan fingerprint density at radius 3 is 2.50 bits per heavy atom. The molecular weight excluding hydrogens is 158 g/mol. The standard InChI is InChI=1S/C7H15N3O2/c1-6(2)10(9-8-3)5-7(11)12-4/h6H,5H2,1-4H3. The number of carbonyl (C=O) groups excluding carboxylic acids is 1. The Morgan fingerprint density at radius 1 is 1.58 bits per heavy atom. The summed E-state index contributed by atoms with van der Waals surface area (Å²) in [6.45, 7) is 4.00. The zero-order chi connectivity index (χ0) is 9.56. The highest BCUT2D eigenvalue weighted by molar-refractivity contribution is 5.71. The van der Waals surface area contributed by atoms with Gasteiger partial charge in [-0.15, -0.1) is 0 Å². The fourth-order valence-electron chi connectivity index (χ4n) is 0.629. The van der Waals surface area contributed by atoms with Crippen molar-refractivity contribution in [3.8, 4) is 0 Å². The summed E-state index contributed by atoms with van der Waals surface area (Å²) in [7, 11) is 2.91. The Kier molecular flexibility index (Phi) is 4.99. The fraction of sp³-hybridized carbons (Fsp3) is 0.857. The number of ether oxygens (including phenoxy) is 1. The molecule has 5 heteroatoms. The van der Waals surface area contributed by atoms with E-state index in [2.05, 4.69) is 15.1 Å². The van der Waals surface area contributed by atoms with Crippen molar-refractivity contribution in [2.75, 3.05) is 20.7 Å². The summed E-state index contributed by atoms with van der Waals surface area (Å²) in [6, 6.07) is 0.146. The van der Waals surface area contributed by atoms with Crippen LogP contribution < -0.4 is 0 Å². The minimum absolute atomic E-state index is 0.144. The average Bonchev–Trinajstić information content (AvgIpc) is 2.03. The number of rotatable bonds is 4. The van der Waals surface area contributed by atoms with Crippen molar-refractivity contribution in [2.24, 2.45) is 10.3 Å². The second kappa shape index (κ2) is 5.51. The first kappa shape index (κ1) is 10.9. The summed E-state index contributed by atoms with van der Waals surface area (Å²) in [4.78, 5) is 10.8. The molecule has 0 rings (SSSR count). The molecule has 0 spiro atoms. The lowest BCUT2D eigenvalue weighted by Gasteiger charge is -2.19. The number of hydrogen-bond donors (Lipinski definition) is 0. The number of hydrogen-bond acceptors (Lipinski definition) is 4. The van der Waals surface area contributed by atoms with Crippen LogP contribution in [0.5, 0.6) is 0 Å². The SMILES string of the molecule is CN=NN(CC(=O)OC)C(C)C. The molecule has 0 unspecified atom stereocenters. The molecule has 0 aromatic rings. The monoisotopic (exact) mass is 173 g/mol. The molecular formula is C7H15N3O2. The number of carbonyl (C=O) groups is 1. The van der Waals surface area contributed by atoms with E-state index in [1.165, 1.54) is 7.11 Å². The quantitative estimate of drug-likeness (QED) is 0.360. The summed E-state index contributed by atoms with van der Waals surface area (Å²) in [5.41, 5.74) is 0. The normalized spacial score (nSPS) is 10.8. The van der Waals surface area contributed by atoms with Crippen LogP contribution in [0.2, 0.25) is 0 Å². The smallest absolute Gasteiger partial charge is 0.327 e. The molecule has 70 valence electrons. The Labute approximate surface area is 72.4 Å². The van der Waals surface area contributed by atoms with E-state index in [1.807, 2.05) is 13.8 Å². The van der Waals surface area contributed by atoms with Gasteiger partial charge < -0.3 is 4.74 Å². The fourth-order valence-corrected chi connectivity index (χ4v) is 0.629. The topological polar surface area (TPSA) is 54.3 Å². The van der Waals surface area contributed by atoms with Gasteiger partial charge in [0.15, 0.2) is 0 Å². The highest BCUT2D eigenvalue weighted by Crippen LogP contribution is 1.99. The van der Waals surface area contributed by atoms with Crippen LogP contribution in [-0.4, -0.2) is 37.7 Å². The molecule has 0 aliphatic heterocycles. The van der Waals surface area contributed by atoms with Crippen molar-refractivity contribution >= 4 is 5.97 Å². The van der Waals surface area contributed by atoms with Gasteiger partial charge >= 0.3 is 5.97 Å². The van der Waals surface area contributed by atoms with E-state index >= 15 is 0 Å². The molecule has 0 aliphatic rings. The number of nitrogens with zero attached hydrogens (tertiary/aromatic N) is 3. The van der Waals surface area contributed by atoms with Gasteiger partial charge in [-0.05, 0) is 13.8 Å². The van der Waals surface area contributed by atoms with Gasteiger partial charge in [0.2, 0.25) is 0 Å². The van der Waals surface area contributed by atoms with Crippen LogP contribution in [0, 0.1) is 0 Å². The van der Waals surface area contributed by atoms with Gasteiger partial charge in [-0.25, -0.2) is 0 Å². The van der Waals surface area contributed by atoms with Crippen molar-refractivity contribution in [1.82, 2.24) is 5.01 Å². The van der Waals surface area contributed by atoms with Crippen LogP contribution in [-0.2, 0) is 9.53 Å². The van der Waals surface area contributed by atoms with Crippen molar-refractivity contribution in [2.45, 2.75) is 19.9 Å². The maximum absolute atomic E-state index is 10.8. The summed E-state index contributed by atoms with van der Waals surface area (Å²) in [6.07, 6.45) is 0. The van der Waals surface area contributed by atoms with Crippen molar-refractivity contribution < 1.29 is 9.53 Å². The maximum Gasteiger partial charge on any atom is 0.327 e. The van der Waals surface area contributed by atoms with E-state index in [-0.39, 0.29) is 18.6 Å². The van der Waals surface area contributed by atoms with Gasteiger partial charge in [0.05, 0.1) is 14.2 Å². The first-order valence-corrected chi connectivity index (χ1v) is 3.75. The van der Waals surface area contributed by atoms with Crippen LogP contribution in [0.15, 0.2) is 10.3 Å². The lowest BCUT2D eigenvalue weighted by atomic mass is 10.4. The van der Waals surface area contributed by atoms with Gasteiger partial charge in [-0.3, -0.25) is 9.80 Å². The third kappa shape index (κ3) is 3.90. The second-order valence-electron chi connectivity index (χ2n) is 2.56. The zero-order valence-electron chi connectivity index (χ0n) is 7.94. The van der Waals surface area contributed by atoms with Crippen LogP contribution in [0.25, 0.3) is 0 Å².